The molecule has 2 atom stereocenters. The summed E-state index contributed by atoms with van der Waals surface area (Å²) in [6.07, 6.45) is 3.21. The van der Waals surface area contributed by atoms with E-state index in [1.54, 1.807) is 0 Å². The van der Waals surface area contributed by atoms with Crippen molar-refractivity contribution < 1.29 is 14.3 Å². The minimum absolute atomic E-state index is 0.0172. The summed E-state index contributed by atoms with van der Waals surface area (Å²) in [5, 5.41) is 0. The third-order valence-electron chi connectivity index (χ3n) is 4.47. The molecule has 116 valence electrons. The van der Waals surface area contributed by atoms with Crippen molar-refractivity contribution in [1.82, 2.24) is 0 Å². The van der Waals surface area contributed by atoms with E-state index in [0.717, 1.165) is 25.0 Å². The van der Waals surface area contributed by atoms with Crippen LogP contribution in [0.4, 0.5) is 0 Å². The van der Waals surface area contributed by atoms with Crippen LogP contribution in [-0.2, 0) is 9.53 Å². The Balaban J connectivity index is 1.77. The molecule has 0 amide bonds. The molecule has 3 heteroatoms. The maximum absolute atomic E-state index is 12.1. The van der Waals surface area contributed by atoms with Gasteiger partial charge in [-0.2, -0.15) is 0 Å². The fourth-order valence-corrected chi connectivity index (χ4v) is 2.84. The summed E-state index contributed by atoms with van der Waals surface area (Å²) in [5.74, 6) is 1.02. The predicted octanol–water partition coefficient (Wildman–Crippen LogP) is 4.07. The van der Waals surface area contributed by atoms with Crippen LogP contribution >= 0.6 is 0 Å². The number of ether oxygens (including phenoxy) is 2. The highest BCUT2D eigenvalue weighted by Crippen LogP contribution is 2.58. The molecule has 0 aliphatic heterocycles. The topological polar surface area (TPSA) is 35.5 Å². The first-order valence-corrected chi connectivity index (χ1v) is 7.92. The van der Waals surface area contributed by atoms with E-state index in [0.29, 0.717) is 13.2 Å². The molecule has 1 aromatic carbocycles. The largest absolute Gasteiger partial charge is 0.493 e. The molecule has 0 spiro atoms. The number of unbranched alkanes of at least 4 members (excludes halogenated alkanes) is 2. The van der Waals surface area contributed by atoms with Crippen molar-refractivity contribution in [2.24, 2.45) is 17.3 Å². The van der Waals surface area contributed by atoms with Gasteiger partial charge >= 0.3 is 5.97 Å². The van der Waals surface area contributed by atoms with Crippen molar-refractivity contribution in [2.45, 2.75) is 40.0 Å². The second kappa shape index (κ2) is 6.97. The molecule has 1 aromatic rings. The molecule has 0 radical (unpaired) electrons. The number of hydrogen-bond acceptors (Lipinski definition) is 3. The second-order valence-electron chi connectivity index (χ2n) is 6.40. The molecule has 0 saturated heterocycles. The smallest absolute Gasteiger partial charge is 0.309 e. The first-order chi connectivity index (χ1) is 10.1. The molecular weight excluding hydrogens is 264 g/mol. The van der Waals surface area contributed by atoms with Crippen LogP contribution in [-0.4, -0.2) is 19.2 Å². The molecule has 21 heavy (non-hydrogen) atoms. The van der Waals surface area contributed by atoms with Crippen LogP contribution in [0.5, 0.6) is 5.75 Å². The van der Waals surface area contributed by atoms with Gasteiger partial charge in [0.25, 0.3) is 0 Å². The number of carbonyl (C=O) groups excluding carboxylic acids is 1. The molecule has 3 nitrogen and oxygen atoms in total. The number of carbonyl (C=O) groups is 1. The number of esters is 1. The summed E-state index contributed by atoms with van der Waals surface area (Å²) in [7, 11) is 0. The lowest BCUT2D eigenvalue weighted by atomic mass is 10.1. The molecule has 0 N–H and O–H groups in total. The van der Waals surface area contributed by atoms with E-state index < -0.39 is 0 Å². The van der Waals surface area contributed by atoms with Gasteiger partial charge in [-0.3, -0.25) is 4.79 Å². The van der Waals surface area contributed by atoms with Gasteiger partial charge in [-0.25, -0.2) is 0 Å². The zero-order valence-corrected chi connectivity index (χ0v) is 13.3. The highest BCUT2D eigenvalue weighted by molar-refractivity contribution is 5.77. The van der Waals surface area contributed by atoms with Crippen LogP contribution in [0.2, 0.25) is 0 Å². The van der Waals surface area contributed by atoms with E-state index in [4.69, 9.17) is 9.47 Å². The highest BCUT2D eigenvalue weighted by Gasteiger charge is 2.63. The lowest BCUT2D eigenvalue weighted by molar-refractivity contribution is -0.146. The summed E-state index contributed by atoms with van der Waals surface area (Å²) in [6, 6.07) is 9.74. The van der Waals surface area contributed by atoms with Crippen molar-refractivity contribution in [3.63, 3.8) is 0 Å². The quantitative estimate of drug-likeness (QED) is 0.535. The Bertz CT molecular complexity index is 453. The average Bonchev–Trinajstić information content (AvgIpc) is 3.03. The van der Waals surface area contributed by atoms with Crippen LogP contribution in [0.3, 0.4) is 0 Å². The first kappa shape index (κ1) is 15.9. The van der Waals surface area contributed by atoms with Gasteiger partial charge in [-0.05, 0) is 24.0 Å². The summed E-state index contributed by atoms with van der Waals surface area (Å²) >= 11 is 0. The number of para-hydroxylation sites is 1. The van der Waals surface area contributed by atoms with Gasteiger partial charge < -0.3 is 9.47 Å². The predicted molar refractivity (Wildman–Crippen MR) is 83.2 cm³/mol. The van der Waals surface area contributed by atoms with Gasteiger partial charge in [0.2, 0.25) is 0 Å². The van der Waals surface area contributed by atoms with E-state index in [9.17, 15) is 4.79 Å². The standard InChI is InChI=1S/C18H26O3/c1-4-5-9-12-20-17(19)16-15(18(16,2)3)13-21-14-10-7-6-8-11-14/h6-8,10-11,15-16H,4-5,9,12-13H2,1-3H3. The SMILES string of the molecule is CCCCCOC(=O)C1C(COc2ccccc2)C1(C)C. The van der Waals surface area contributed by atoms with Crippen LogP contribution in [0.1, 0.15) is 40.0 Å². The Kier molecular flexibility index (Phi) is 5.27. The summed E-state index contributed by atoms with van der Waals surface area (Å²) < 4.78 is 11.2. The minimum Gasteiger partial charge on any atom is -0.493 e. The molecule has 2 unspecified atom stereocenters. The lowest BCUT2D eigenvalue weighted by Gasteiger charge is -2.06. The molecule has 0 heterocycles. The molecule has 0 aromatic heterocycles. The van der Waals surface area contributed by atoms with Crippen LogP contribution in [0, 0.1) is 17.3 Å². The van der Waals surface area contributed by atoms with Gasteiger partial charge in [0, 0.05) is 5.92 Å². The van der Waals surface area contributed by atoms with Crippen molar-refractivity contribution in [3.05, 3.63) is 30.3 Å². The van der Waals surface area contributed by atoms with E-state index >= 15 is 0 Å². The Morgan fingerprint density at radius 2 is 1.90 bits per heavy atom. The number of rotatable bonds is 8. The summed E-state index contributed by atoms with van der Waals surface area (Å²) in [4.78, 5) is 12.1. The van der Waals surface area contributed by atoms with E-state index in [2.05, 4.69) is 20.8 Å². The molecular formula is C18H26O3. The maximum Gasteiger partial charge on any atom is 0.309 e. The van der Waals surface area contributed by atoms with Gasteiger partial charge in [0.05, 0.1) is 19.1 Å². The molecule has 1 aliphatic carbocycles. The second-order valence-corrected chi connectivity index (χ2v) is 6.40. The highest BCUT2D eigenvalue weighted by atomic mass is 16.5. The Morgan fingerprint density at radius 3 is 2.57 bits per heavy atom. The fourth-order valence-electron chi connectivity index (χ4n) is 2.84. The Labute approximate surface area is 127 Å². The van der Waals surface area contributed by atoms with Gasteiger partial charge in [-0.15, -0.1) is 0 Å². The fraction of sp³-hybridized carbons (Fsp3) is 0.611. The monoisotopic (exact) mass is 290 g/mol. The van der Waals surface area contributed by atoms with Crippen LogP contribution < -0.4 is 4.74 Å². The Morgan fingerprint density at radius 1 is 1.19 bits per heavy atom. The zero-order valence-electron chi connectivity index (χ0n) is 13.3. The third-order valence-corrected chi connectivity index (χ3v) is 4.47. The van der Waals surface area contributed by atoms with Gasteiger partial charge in [-0.1, -0.05) is 51.8 Å². The molecule has 1 saturated carbocycles. The number of hydrogen-bond donors (Lipinski definition) is 0. The molecule has 2 rings (SSSR count). The Hall–Kier alpha value is -1.51. The average molecular weight is 290 g/mol. The molecule has 1 aliphatic rings. The van der Waals surface area contributed by atoms with E-state index in [1.807, 2.05) is 30.3 Å². The van der Waals surface area contributed by atoms with Crippen molar-refractivity contribution in [3.8, 4) is 5.75 Å². The number of benzene rings is 1. The third kappa shape index (κ3) is 3.99. The van der Waals surface area contributed by atoms with Crippen molar-refractivity contribution in [1.29, 1.82) is 0 Å². The van der Waals surface area contributed by atoms with Crippen LogP contribution in [0.25, 0.3) is 0 Å². The van der Waals surface area contributed by atoms with E-state index in [-0.39, 0.29) is 23.2 Å². The van der Waals surface area contributed by atoms with Crippen molar-refractivity contribution >= 4 is 5.97 Å². The molecule has 1 fully saturated rings. The zero-order chi connectivity index (χ0) is 15.3. The normalized spacial score (nSPS) is 22.6. The summed E-state index contributed by atoms with van der Waals surface area (Å²) in [6.45, 7) is 7.49. The minimum atomic E-state index is -0.0576. The van der Waals surface area contributed by atoms with Crippen molar-refractivity contribution in [2.75, 3.05) is 13.2 Å². The summed E-state index contributed by atoms with van der Waals surface area (Å²) in [5.41, 5.74) is -0.0172. The molecule has 0 bridgehead atoms. The van der Waals surface area contributed by atoms with Gasteiger partial charge in [0.1, 0.15) is 5.75 Å². The lowest BCUT2D eigenvalue weighted by Crippen LogP contribution is -2.12. The maximum atomic E-state index is 12.1. The first-order valence-electron chi connectivity index (χ1n) is 7.92. The van der Waals surface area contributed by atoms with Gasteiger partial charge in [0.15, 0.2) is 0 Å². The van der Waals surface area contributed by atoms with E-state index in [1.165, 1.54) is 0 Å². The van der Waals surface area contributed by atoms with Crippen LogP contribution in [0.15, 0.2) is 30.3 Å².